The van der Waals surface area contributed by atoms with E-state index < -0.39 is 0 Å². The number of aryl methyl sites for hydroxylation is 1. The number of amides is 1. The zero-order chi connectivity index (χ0) is 20.4. The third kappa shape index (κ3) is 4.17. The molecule has 1 saturated heterocycles. The van der Waals surface area contributed by atoms with Crippen molar-refractivity contribution in [3.8, 4) is 5.75 Å². The number of nitrogens with one attached hydrogen (secondary N) is 1. The first kappa shape index (κ1) is 19.2. The van der Waals surface area contributed by atoms with Gasteiger partial charge in [0.2, 0.25) is 0 Å². The Hall–Kier alpha value is -3.12. The van der Waals surface area contributed by atoms with E-state index in [2.05, 4.69) is 16.0 Å². The Balaban J connectivity index is 1.42. The van der Waals surface area contributed by atoms with Crippen LogP contribution in [0.25, 0.3) is 10.9 Å². The summed E-state index contributed by atoms with van der Waals surface area (Å²) in [5, 5.41) is 1.05. The molecule has 0 bridgehead atoms. The molecule has 1 aromatic heterocycles. The second-order valence-corrected chi connectivity index (χ2v) is 7.51. The smallest absolute Gasteiger partial charge is 0.254 e. The maximum atomic E-state index is 12.8. The quantitative estimate of drug-likeness (QED) is 0.743. The molecule has 29 heavy (non-hydrogen) atoms. The van der Waals surface area contributed by atoms with Crippen molar-refractivity contribution in [1.29, 1.82) is 0 Å². The molecule has 0 spiro atoms. The van der Waals surface area contributed by atoms with Crippen LogP contribution in [0.5, 0.6) is 5.75 Å². The summed E-state index contributed by atoms with van der Waals surface area (Å²) in [6.45, 7) is 5.38. The Morgan fingerprint density at radius 3 is 2.62 bits per heavy atom. The number of pyridine rings is 1. The number of benzene rings is 2. The molecule has 1 fully saturated rings. The van der Waals surface area contributed by atoms with E-state index in [1.54, 1.807) is 13.2 Å². The van der Waals surface area contributed by atoms with Gasteiger partial charge in [-0.25, -0.2) is 0 Å². The number of nitrogens with zero attached hydrogens (tertiary/aromatic N) is 2. The van der Waals surface area contributed by atoms with Crippen molar-refractivity contribution in [3.63, 3.8) is 0 Å². The van der Waals surface area contributed by atoms with E-state index in [1.165, 1.54) is 5.56 Å². The van der Waals surface area contributed by atoms with E-state index in [-0.39, 0.29) is 11.5 Å². The van der Waals surface area contributed by atoms with Crippen molar-refractivity contribution in [3.05, 3.63) is 75.6 Å². The highest BCUT2D eigenvalue weighted by molar-refractivity contribution is 5.94. The van der Waals surface area contributed by atoms with Crippen LogP contribution in [-0.2, 0) is 6.54 Å². The number of carbonyl (C=O) groups excluding carboxylic acids is 1. The molecule has 4 rings (SSSR count). The van der Waals surface area contributed by atoms with Crippen LogP contribution in [-0.4, -0.2) is 54.0 Å². The summed E-state index contributed by atoms with van der Waals surface area (Å²) < 4.78 is 5.21. The molecule has 1 aliphatic rings. The molecular formula is C23H25N3O3. The number of ether oxygens (including phenoxy) is 1. The summed E-state index contributed by atoms with van der Waals surface area (Å²) in [4.78, 5) is 32.3. The topological polar surface area (TPSA) is 65.6 Å². The second-order valence-electron chi connectivity index (χ2n) is 7.51. The van der Waals surface area contributed by atoms with Crippen LogP contribution in [0, 0.1) is 6.92 Å². The maximum Gasteiger partial charge on any atom is 0.254 e. The Bertz CT molecular complexity index is 1100. The molecule has 3 aromatic rings. The third-order valence-electron chi connectivity index (χ3n) is 5.45. The van der Waals surface area contributed by atoms with E-state index >= 15 is 0 Å². The van der Waals surface area contributed by atoms with E-state index in [0.29, 0.717) is 30.9 Å². The Kier molecular flexibility index (Phi) is 5.36. The molecule has 2 heterocycles. The number of aromatic nitrogens is 1. The van der Waals surface area contributed by atoms with Crippen molar-refractivity contribution in [1.82, 2.24) is 14.8 Å². The summed E-state index contributed by atoms with van der Waals surface area (Å²) in [5.74, 6) is 0.697. The zero-order valence-electron chi connectivity index (χ0n) is 16.8. The second kappa shape index (κ2) is 8.09. The summed E-state index contributed by atoms with van der Waals surface area (Å²) >= 11 is 0. The van der Waals surface area contributed by atoms with Gasteiger partial charge in [-0.3, -0.25) is 14.5 Å². The summed E-state index contributed by atoms with van der Waals surface area (Å²) in [5.41, 5.74) is 3.38. The van der Waals surface area contributed by atoms with Gasteiger partial charge in [0, 0.05) is 49.4 Å². The van der Waals surface area contributed by atoms with Crippen LogP contribution in [0.3, 0.4) is 0 Å². The minimum absolute atomic E-state index is 0.0163. The third-order valence-corrected chi connectivity index (χ3v) is 5.45. The summed E-state index contributed by atoms with van der Waals surface area (Å²) in [6.07, 6.45) is 0. The first-order chi connectivity index (χ1) is 14.0. The lowest BCUT2D eigenvalue weighted by molar-refractivity contribution is 0.0627. The molecule has 0 aliphatic carbocycles. The molecule has 2 aromatic carbocycles. The van der Waals surface area contributed by atoms with Crippen LogP contribution in [0.15, 0.2) is 53.3 Å². The van der Waals surface area contributed by atoms with E-state index in [1.807, 2.05) is 48.2 Å². The molecule has 0 unspecified atom stereocenters. The Morgan fingerprint density at radius 1 is 1.07 bits per heavy atom. The van der Waals surface area contributed by atoms with Crippen molar-refractivity contribution in [2.75, 3.05) is 33.3 Å². The SMILES string of the molecule is COc1cccc(C(=O)N2CCN(Cc3cc4cc(C)ccc4[nH]c3=O)CC2)c1. The van der Waals surface area contributed by atoms with Crippen molar-refractivity contribution < 1.29 is 9.53 Å². The van der Waals surface area contributed by atoms with Crippen molar-refractivity contribution in [2.24, 2.45) is 0 Å². The standard InChI is InChI=1S/C23H25N3O3/c1-16-6-7-21-18(12-16)13-19(22(27)24-21)15-25-8-10-26(11-9-25)23(28)17-4-3-5-20(14-17)29-2/h3-7,12-14H,8-11,15H2,1-2H3,(H,24,27). The van der Waals surface area contributed by atoms with E-state index in [0.717, 1.165) is 29.6 Å². The fourth-order valence-corrected chi connectivity index (χ4v) is 3.78. The molecule has 1 N–H and O–H groups in total. The van der Waals surface area contributed by atoms with Crippen molar-refractivity contribution >= 4 is 16.8 Å². The van der Waals surface area contributed by atoms with Gasteiger partial charge in [0.25, 0.3) is 11.5 Å². The van der Waals surface area contributed by atoms with Gasteiger partial charge in [-0.15, -0.1) is 0 Å². The molecule has 6 nitrogen and oxygen atoms in total. The Morgan fingerprint density at radius 2 is 1.86 bits per heavy atom. The highest BCUT2D eigenvalue weighted by Gasteiger charge is 2.23. The number of piperazine rings is 1. The van der Waals surface area contributed by atoms with Gasteiger partial charge in [-0.1, -0.05) is 17.7 Å². The first-order valence-electron chi connectivity index (χ1n) is 9.82. The highest BCUT2D eigenvalue weighted by Crippen LogP contribution is 2.17. The fraction of sp³-hybridized carbons (Fsp3) is 0.304. The van der Waals surface area contributed by atoms with E-state index in [4.69, 9.17) is 4.74 Å². The largest absolute Gasteiger partial charge is 0.497 e. The van der Waals surface area contributed by atoms with Gasteiger partial charge in [0.05, 0.1) is 7.11 Å². The fourth-order valence-electron chi connectivity index (χ4n) is 3.78. The zero-order valence-corrected chi connectivity index (χ0v) is 16.8. The predicted octanol–water partition coefficient (Wildman–Crippen LogP) is 2.80. The number of methoxy groups -OCH3 is 1. The van der Waals surface area contributed by atoms with E-state index in [9.17, 15) is 9.59 Å². The van der Waals surface area contributed by atoms with Gasteiger partial charge in [-0.05, 0) is 48.7 Å². The minimum Gasteiger partial charge on any atom is -0.497 e. The number of fused-ring (bicyclic) bond motifs is 1. The number of hydrogen-bond acceptors (Lipinski definition) is 4. The van der Waals surface area contributed by atoms with Crippen LogP contribution >= 0.6 is 0 Å². The average Bonchev–Trinajstić information content (AvgIpc) is 2.74. The molecule has 150 valence electrons. The summed E-state index contributed by atoms with van der Waals surface area (Å²) in [6, 6.07) is 15.2. The van der Waals surface area contributed by atoms with Crippen LogP contribution in [0.1, 0.15) is 21.5 Å². The van der Waals surface area contributed by atoms with Crippen molar-refractivity contribution in [2.45, 2.75) is 13.5 Å². The monoisotopic (exact) mass is 391 g/mol. The molecule has 0 radical (unpaired) electrons. The van der Waals surface area contributed by atoms with Crippen LogP contribution in [0.2, 0.25) is 0 Å². The minimum atomic E-state index is -0.0451. The molecule has 1 amide bonds. The normalized spacial score (nSPS) is 14.9. The lowest BCUT2D eigenvalue weighted by Gasteiger charge is -2.34. The van der Waals surface area contributed by atoms with Gasteiger partial charge >= 0.3 is 0 Å². The highest BCUT2D eigenvalue weighted by atomic mass is 16.5. The summed E-state index contributed by atoms with van der Waals surface area (Å²) in [7, 11) is 1.60. The molecule has 1 aliphatic heterocycles. The molecule has 0 atom stereocenters. The van der Waals surface area contributed by atoms with Crippen LogP contribution < -0.4 is 10.3 Å². The van der Waals surface area contributed by atoms with Gasteiger partial charge < -0.3 is 14.6 Å². The number of aromatic amines is 1. The van der Waals surface area contributed by atoms with Crippen LogP contribution in [0.4, 0.5) is 0 Å². The van der Waals surface area contributed by atoms with Gasteiger partial charge in [0.15, 0.2) is 0 Å². The average molecular weight is 391 g/mol. The Labute approximate surface area is 169 Å². The molecule has 0 saturated carbocycles. The predicted molar refractivity (Wildman–Crippen MR) is 113 cm³/mol. The lowest BCUT2D eigenvalue weighted by Crippen LogP contribution is -2.48. The lowest BCUT2D eigenvalue weighted by atomic mass is 10.1. The number of H-pyrrole nitrogens is 1. The van der Waals surface area contributed by atoms with Gasteiger partial charge in [-0.2, -0.15) is 0 Å². The molecular weight excluding hydrogens is 366 g/mol. The number of carbonyl (C=O) groups is 1. The van der Waals surface area contributed by atoms with Gasteiger partial charge in [0.1, 0.15) is 5.75 Å². The first-order valence-corrected chi connectivity index (χ1v) is 9.82. The number of rotatable bonds is 4. The molecule has 6 heteroatoms. The number of hydrogen-bond donors (Lipinski definition) is 1. The maximum absolute atomic E-state index is 12.8.